The Hall–Kier alpha value is -2.48. The lowest BCUT2D eigenvalue weighted by Gasteiger charge is -2.35. The molecule has 7 nitrogen and oxygen atoms in total. The number of amides is 1. The van der Waals surface area contributed by atoms with Crippen LogP contribution >= 0.6 is 11.3 Å². The van der Waals surface area contributed by atoms with E-state index < -0.39 is 0 Å². The van der Waals surface area contributed by atoms with E-state index in [-0.39, 0.29) is 5.91 Å². The fourth-order valence-corrected chi connectivity index (χ4v) is 3.81. The van der Waals surface area contributed by atoms with E-state index in [1.807, 2.05) is 41.5 Å². The van der Waals surface area contributed by atoms with Gasteiger partial charge in [0, 0.05) is 43.4 Å². The van der Waals surface area contributed by atoms with Gasteiger partial charge in [0.05, 0.1) is 4.88 Å². The molecule has 0 saturated carbocycles. The number of piperazine rings is 1. The second kappa shape index (κ2) is 5.86. The van der Waals surface area contributed by atoms with E-state index in [9.17, 15) is 4.79 Å². The molecule has 1 saturated heterocycles. The summed E-state index contributed by atoms with van der Waals surface area (Å²) in [6, 6.07) is 3.91. The standard InChI is InChI=1S/C16H18N6OS/c1-11-3-4-13(24-11)16(23)21-9-7-20(8-10-21)14-15-19-18-12(2)22(15)6-5-17-14/h3-6H,7-10H2,1-2H3. The molecule has 0 bridgehead atoms. The first-order valence-corrected chi connectivity index (χ1v) is 8.72. The maximum Gasteiger partial charge on any atom is 0.264 e. The number of hydrogen-bond acceptors (Lipinski definition) is 6. The van der Waals surface area contributed by atoms with Crippen LogP contribution in [0.4, 0.5) is 5.82 Å². The van der Waals surface area contributed by atoms with Crippen LogP contribution in [0.1, 0.15) is 20.4 Å². The second-order valence-electron chi connectivity index (χ2n) is 5.88. The summed E-state index contributed by atoms with van der Waals surface area (Å²) in [7, 11) is 0. The molecule has 1 amide bonds. The Labute approximate surface area is 143 Å². The van der Waals surface area contributed by atoms with Gasteiger partial charge in [0.2, 0.25) is 5.65 Å². The number of aryl methyl sites for hydroxylation is 2. The smallest absolute Gasteiger partial charge is 0.264 e. The zero-order valence-electron chi connectivity index (χ0n) is 13.6. The fourth-order valence-electron chi connectivity index (χ4n) is 2.98. The molecule has 0 radical (unpaired) electrons. The van der Waals surface area contributed by atoms with Crippen LogP contribution in [0.5, 0.6) is 0 Å². The lowest BCUT2D eigenvalue weighted by atomic mass is 10.3. The molecule has 0 N–H and O–H groups in total. The molecule has 0 aromatic carbocycles. The lowest BCUT2D eigenvalue weighted by Crippen LogP contribution is -2.49. The lowest BCUT2D eigenvalue weighted by molar-refractivity contribution is 0.0751. The van der Waals surface area contributed by atoms with Crippen molar-refractivity contribution in [3.8, 4) is 0 Å². The first-order valence-electron chi connectivity index (χ1n) is 7.90. The molecular formula is C16H18N6OS. The van der Waals surface area contributed by atoms with Crippen LogP contribution in [0.15, 0.2) is 24.5 Å². The molecule has 4 rings (SSSR count). The van der Waals surface area contributed by atoms with Crippen LogP contribution in [-0.2, 0) is 0 Å². The number of aromatic nitrogens is 4. The van der Waals surface area contributed by atoms with Crippen LogP contribution in [0.2, 0.25) is 0 Å². The number of hydrogen-bond donors (Lipinski definition) is 0. The van der Waals surface area contributed by atoms with Gasteiger partial charge < -0.3 is 9.80 Å². The molecule has 0 atom stereocenters. The molecule has 0 spiro atoms. The summed E-state index contributed by atoms with van der Waals surface area (Å²) in [5.41, 5.74) is 0.767. The maximum absolute atomic E-state index is 12.5. The van der Waals surface area contributed by atoms with Gasteiger partial charge in [0.15, 0.2) is 5.82 Å². The number of fused-ring (bicyclic) bond motifs is 1. The van der Waals surface area contributed by atoms with Gasteiger partial charge in [0.25, 0.3) is 5.91 Å². The van der Waals surface area contributed by atoms with Crippen molar-refractivity contribution in [2.45, 2.75) is 13.8 Å². The highest BCUT2D eigenvalue weighted by Gasteiger charge is 2.25. The normalized spacial score (nSPS) is 15.2. The largest absolute Gasteiger partial charge is 0.350 e. The van der Waals surface area contributed by atoms with Gasteiger partial charge in [-0.25, -0.2) is 4.98 Å². The van der Waals surface area contributed by atoms with Gasteiger partial charge in [-0.3, -0.25) is 9.20 Å². The molecule has 3 aromatic heterocycles. The molecule has 1 aliphatic heterocycles. The number of carbonyl (C=O) groups excluding carboxylic acids is 1. The van der Waals surface area contributed by atoms with E-state index in [1.165, 1.54) is 0 Å². The van der Waals surface area contributed by atoms with Crippen molar-refractivity contribution in [2.75, 3.05) is 31.1 Å². The second-order valence-corrected chi connectivity index (χ2v) is 7.17. The number of carbonyl (C=O) groups is 1. The Morgan fingerprint density at radius 1 is 1.12 bits per heavy atom. The number of nitrogens with zero attached hydrogens (tertiary/aromatic N) is 6. The predicted octanol–water partition coefficient (Wildman–Crippen LogP) is 1.77. The Kier molecular flexibility index (Phi) is 3.68. The van der Waals surface area contributed by atoms with Crippen molar-refractivity contribution in [2.24, 2.45) is 0 Å². The summed E-state index contributed by atoms with van der Waals surface area (Å²) in [6.07, 6.45) is 3.64. The SMILES string of the molecule is Cc1ccc(C(=O)N2CCN(c3nccn4c(C)nnc34)CC2)s1. The monoisotopic (exact) mass is 342 g/mol. The van der Waals surface area contributed by atoms with E-state index in [0.717, 1.165) is 40.1 Å². The fraction of sp³-hybridized carbons (Fsp3) is 0.375. The van der Waals surface area contributed by atoms with Gasteiger partial charge >= 0.3 is 0 Å². The van der Waals surface area contributed by atoms with Crippen LogP contribution in [0.25, 0.3) is 5.65 Å². The molecule has 124 valence electrons. The molecular weight excluding hydrogens is 324 g/mol. The average Bonchev–Trinajstić information content (AvgIpc) is 3.21. The minimum Gasteiger partial charge on any atom is -0.350 e. The van der Waals surface area contributed by atoms with Crippen molar-refractivity contribution < 1.29 is 4.79 Å². The third-order valence-electron chi connectivity index (χ3n) is 4.30. The Morgan fingerprint density at radius 3 is 2.62 bits per heavy atom. The topological polar surface area (TPSA) is 66.6 Å². The minimum atomic E-state index is 0.122. The highest BCUT2D eigenvalue weighted by atomic mass is 32.1. The number of thiophene rings is 1. The zero-order chi connectivity index (χ0) is 16.7. The number of anilines is 1. The van der Waals surface area contributed by atoms with E-state index in [4.69, 9.17) is 0 Å². The molecule has 1 fully saturated rings. The Bertz CT molecular complexity index is 893. The summed E-state index contributed by atoms with van der Waals surface area (Å²) in [4.78, 5) is 23.1. The van der Waals surface area contributed by atoms with Crippen LogP contribution in [0.3, 0.4) is 0 Å². The highest BCUT2D eigenvalue weighted by Crippen LogP contribution is 2.21. The summed E-state index contributed by atoms with van der Waals surface area (Å²) in [5.74, 6) is 1.80. The third kappa shape index (κ3) is 2.52. The van der Waals surface area contributed by atoms with Crippen molar-refractivity contribution in [3.63, 3.8) is 0 Å². The van der Waals surface area contributed by atoms with Gasteiger partial charge in [-0.2, -0.15) is 0 Å². The first-order chi connectivity index (χ1) is 11.6. The quantitative estimate of drug-likeness (QED) is 0.710. The Morgan fingerprint density at radius 2 is 1.92 bits per heavy atom. The summed E-state index contributed by atoms with van der Waals surface area (Å²) < 4.78 is 1.94. The van der Waals surface area contributed by atoms with Crippen LogP contribution in [-0.4, -0.2) is 56.6 Å². The van der Waals surface area contributed by atoms with E-state index in [1.54, 1.807) is 17.5 Å². The first kappa shape index (κ1) is 15.1. The molecule has 4 heterocycles. The summed E-state index contributed by atoms with van der Waals surface area (Å²) in [5, 5.41) is 8.35. The van der Waals surface area contributed by atoms with Gasteiger partial charge in [0.1, 0.15) is 5.82 Å². The van der Waals surface area contributed by atoms with Crippen molar-refractivity contribution in [1.29, 1.82) is 0 Å². The van der Waals surface area contributed by atoms with Crippen molar-refractivity contribution >= 4 is 28.7 Å². The van der Waals surface area contributed by atoms with Gasteiger partial charge in [-0.15, -0.1) is 21.5 Å². The van der Waals surface area contributed by atoms with Crippen molar-refractivity contribution in [1.82, 2.24) is 24.5 Å². The van der Waals surface area contributed by atoms with E-state index in [2.05, 4.69) is 20.1 Å². The predicted molar refractivity (Wildman–Crippen MR) is 92.7 cm³/mol. The molecule has 1 aliphatic rings. The maximum atomic E-state index is 12.5. The van der Waals surface area contributed by atoms with Gasteiger partial charge in [-0.1, -0.05) is 0 Å². The minimum absolute atomic E-state index is 0.122. The Balaban J connectivity index is 1.50. The van der Waals surface area contributed by atoms with E-state index >= 15 is 0 Å². The molecule has 8 heteroatoms. The molecule has 3 aromatic rings. The summed E-state index contributed by atoms with van der Waals surface area (Å²) >= 11 is 1.55. The number of rotatable bonds is 2. The van der Waals surface area contributed by atoms with Crippen LogP contribution in [0, 0.1) is 13.8 Å². The zero-order valence-corrected chi connectivity index (χ0v) is 14.5. The third-order valence-corrected chi connectivity index (χ3v) is 5.29. The molecule has 0 aliphatic carbocycles. The van der Waals surface area contributed by atoms with Gasteiger partial charge in [-0.05, 0) is 26.0 Å². The van der Waals surface area contributed by atoms with Crippen LogP contribution < -0.4 is 4.90 Å². The van der Waals surface area contributed by atoms with E-state index in [0.29, 0.717) is 13.1 Å². The summed E-state index contributed by atoms with van der Waals surface area (Å²) in [6.45, 7) is 6.80. The van der Waals surface area contributed by atoms with Crippen molar-refractivity contribution in [3.05, 3.63) is 40.1 Å². The molecule has 0 unspecified atom stereocenters. The molecule has 24 heavy (non-hydrogen) atoms. The average molecular weight is 342 g/mol. The highest BCUT2D eigenvalue weighted by molar-refractivity contribution is 7.13.